The molecule has 0 bridgehead atoms. The van der Waals surface area contributed by atoms with Gasteiger partial charge in [0.2, 0.25) is 11.0 Å². The third-order valence-corrected chi connectivity index (χ3v) is 4.23. The van der Waals surface area contributed by atoms with Crippen LogP contribution in [0.4, 0.5) is 5.13 Å². The first-order valence-corrected chi connectivity index (χ1v) is 7.49. The van der Waals surface area contributed by atoms with Crippen LogP contribution in [0.3, 0.4) is 0 Å². The second-order valence-electron chi connectivity index (χ2n) is 4.99. The van der Waals surface area contributed by atoms with Crippen LogP contribution in [0.2, 0.25) is 0 Å². The highest BCUT2D eigenvalue weighted by Gasteiger charge is 2.33. The van der Waals surface area contributed by atoms with Crippen molar-refractivity contribution in [3.8, 4) is 0 Å². The quantitative estimate of drug-likeness (QED) is 0.488. The van der Waals surface area contributed by atoms with Crippen LogP contribution < -0.4 is 16.6 Å². The number of carbonyl (C=O) groups is 1. The van der Waals surface area contributed by atoms with Crippen molar-refractivity contribution in [3.05, 3.63) is 5.01 Å². The number of nitrogens with two attached hydrogens (primary N) is 1. The van der Waals surface area contributed by atoms with Gasteiger partial charge < -0.3 is 10.1 Å². The van der Waals surface area contributed by atoms with Crippen molar-refractivity contribution >= 4 is 22.4 Å². The Morgan fingerprint density at radius 3 is 3.05 bits per heavy atom. The van der Waals surface area contributed by atoms with Crippen LogP contribution in [0.25, 0.3) is 0 Å². The van der Waals surface area contributed by atoms with Gasteiger partial charge in [-0.15, -0.1) is 10.2 Å². The van der Waals surface area contributed by atoms with Crippen molar-refractivity contribution in [2.24, 2.45) is 5.84 Å². The molecule has 8 nitrogen and oxygen atoms in total. The first kappa shape index (κ1) is 13.7. The Hall–Kier alpha value is -1.29. The molecule has 2 heterocycles. The minimum atomic E-state index is -0.248. The lowest BCUT2D eigenvalue weighted by Gasteiger charge is -2.33. The number of nitrogen functional groups attached to an aromatic ring is 1. The van der Waals surface area contributed by atoms with Gasteiger partial charge >= 0.3 is 0 Å². The number of carbonyl (C=O) groups excluding carboxylic acids is 1. The van der Waals surface area contributed by atoms with Crippen molar-refractivity contribution in [1.29, 1.82) is 0 Å². The van der Waals surface area contributed by atoms with Gasteiger partial charge in [0.15, 0.2) is 0 Å². The summed E-state index contributed by atoms with van der Waals surface area (Å²) in [7, 11) is 0. The molecule has 1 aliphatic carbocycles. The van der Waals surface area contributed by atoms with E-state index in [9.17, 15) is 4.79 Å². The van der Waals surface area contributed by atoms with E-state index in [1.807, 2.05) is 0 Å². The summed E-state index contributed by atoms with van der Waals surface area (Å²) in [6.07, 6.45) is 2.17. The molecule has 0 radical (unpaired) electrons. The average Bonchev–Trinajstić information content (AvgIpc) is 3.16. The molecule has 1 atom stereocenters. The molecule has 1 aromatic heterocycles. The van der Waals surface area contributed by atoms with E-state index in [2.05, 4.69) is 25.8 Å². The maximum Gasteiger partial charge on any atom is 0.239 e. The first-order valence-electron chi connectivity index (χ1n) is 6.67. The first-order chi connectivity index (χ1) is 9.76. The fourth-order valence-electron chi connectivity index (χ4n) is 2.14. The number of ether oxygens (including phenoxy) is 1. The molecule has 20 heavy (non-hydrogen) atoms. The number of nitrogens with one attached hydrogen (secondary N) is 2. The van der Waals surface area contributed by atoms with Gasteiger partial charge in [-0.2, -0.15) is 0 Å². The molecule has 2 aliphatic rings. The van der Waals surface area contributed by atoms with Crippen LogP contribution in [0.1, 0.15) is 17.8 Å². The van der Waals surface area contributed by atoms with Gasteiger partial charge in [0.05, 0.1) is 19.8 Å². The molecule has 0 aromatic carbocycles. The maximum absolute atomic E-state index is 12.2. The SMILES string of the molecule is NNc1nnc(CN2CCOCC2C(=O)NC2CC2)s1. The van der Waals surface area contributed by atoms with E-state index in [0.29, 0.717) is 37.5 Å². The third-order valence-electron chi connectivity index (χ3n) is 3.39. The Bertz CT molecular complexity index is 477. The van der Waals surface area contributed by atoms with E-state index in [4.69, 9.17) is 10.6 Å². The maximum atomic E-state index is 12.2. The molecule has 9 heteroatoms. The summed E-state index contributed by atoms with van der Waals surface area (Å²) in [6.45, 7) is 2.37. The summed E-state index contributed by atoms with van der Waals surface area (Å²) < 4.78 is 5.43. The molecular weight excluding hydrogens is 280 g/mol. The smallest absolute Gasteiger partial charge is 0.239 e. The monoisotopic (exact) mass is 298 g/mol. The Morgan fingerprint density at radius 2 is 2.35 bits per heavy atom. The van der Waals surface area contributed by atoms with Gasteiger partial charge in [-0.05, 0) is 12.8 Å². The third kappa shape index (κ3) is 3.23. The summed E-state index contributed by atoms with van der Waals surface area (Å²) in [4.78, 5) is 14.3. The van der Waals surface area contributed by atoms with E-state index in [0.717, 1.165) is 17.8 Å². The lowest BCUT2D eigenvalue weighted by atomic mass is 10.2. The number of aromatic nitrogens is 2. The van der Waals surface area contributed by atoms with Gasteiger partial charge in [-0.3, -0.25) is 15.1 Å². The Morgan fingerprint density at radius 1 is 1.50 bits per heavy atom. The number of anilines is 1. The number of morpholine rings is 1. The fraction of sp³-hybridized carbons (Fsp3) is 0.727. The van der Waals surface area contributed by atoms with E-state index >= 15 is 0 Å². The minimum absolute atomic E-state index is 0.0499. The van der Waals surface area contributed by atoms with Crippen molar-refractivity contribution in [2.75, 3.05) is 25.2 Å². The molecule has 1 aromatic rings. The number of hydrogen-bond donors (Lipinski definition) is 3. The summed E-state index contributed by atoms with van der Waals surface area (Å²) in [5.41, 5.74) is 2.48. The highest BCUT2D eigenvalue weighted by molar-refractivity contribution is 7.15. The zero-order valence-electron chi connectivity index (χ0n) is 11.0. The van der Waals surface area contributed by atoms with Crippen LogP contribution in [-0.2, 0) is 16.1 Å². The van der Waals surface area contributed by atoms with E-state index in [1.54, 1.807) is 0 Å². The number of rotatable bonds is 5. The molecule has 2 fully saturated rings. The van der Waals surface area contributed by atoms with Crippen LogP contribution in [-0.4, -0.2) is 52.8 Å². The van der Waals surface area contributed by atoms with Crippen LogP contribution in [0, 0.1) is 0 Å². The van der Waals surface area contributed by atoms with Gasteiger partial charge in [0.1, 0.15) is 11.0 Å². The number of hydrogen-bond acceptors (Lipinski definition) is 8. The van der Waals surface area contributed by atoms with Gasteiger partial charge in [-0.1, -0.05) is 11.3 Å². The highest BCUT2D eigenvalue weighted by Crippen LogP contribution is 2.21. The van der Waals surface area contributed by atoms with E-state index < -0.39 is 0 Å². The predicted molar refractivity (Wildman–Crippen MR) is 73.9 cm³/mol. The number of hydrazine groups is 1. The van der Waals surface area contributed by atoms with Crippen molar-refractivity contribution < 1.29 is 9.53 Å². The summed E-state index contributed by atoms with van der Waals surface area (Å²) >= 11 is 1.39. The molecular formula is C11H18N6O2S. The molecule has 1 amide bonds. The molecule has 1 saturated carbocycles. The predicted octanol–water partition coefficient (Wildman–Crippen LogP) is -0.697. The summed E-state index contributed by atoms with van der Waals surface area (Å²) in [5.74, 6) is 5.34. The van der Waals surface area contributed by atoms with Crippen LogP contribution in [0.5, 0.6) is 0 Å². The topological polar surface area (TPSA) is 105 Å². The van der Waals surface area contributed by atoms with Crippen molar-refractivity contribution in [3.63, 3.8) is 0 Å². The normalized spacial score (nSPS) is 23.6. The molecule has 0 spiro atoms. The zero-order chi connectivity index (χ0) is 13.9. The lowest BCUT2D eigenvalue weighted by Crippen LogP contribution is -2.53. The van der Waals surface area contributed by atoms with Crippen LogP contribution >= 0.6 is 11.3 Å². The van der Waals surface area contributed by atoms with E-state index in [-0.39, 0.29) is 11.9 Å². The molecule has 1 aliphatic heterocycles. The highest BCUT2D eigenvalue weighted by atomic mass is 32.1. The Kier molecular flexibility index (Phi) is 4.10. The second-order valence-corrected chi connectivity index (χ2v) is 6.05. The van der Waals surface area contributed by atoms with Gasteiger partial charge in [0, 0.05) is 12.6 Å². The molecule has 3 rings (SSSR count). The molecule has 4 N–H and O–H groups in total. The Labute approximate surface area is 120 Å². The fourth-order valence-corrected chi connectivity index (χ4v) is 2.82. The zero-order valence-corrected chi connectivity index (χ0v) is 11.9. The number of nitrogens with zero attached hydrogens (tertiary/aromatic N) is 3. The largest absolute Gasteiger partial charge is 0.378 e. The summed E-state index contributed by atoms with van der Waals surface area (Å²) in [5, 5.41) is 12.4. The average molecular weight is 298 g/mol. The van der Waals surface area contributed by atoms with Gasteiger partial charge in [0.25, 0.3) is 0 Å². The molecule has 1 saturated heterocycles. The second kappa shape index (κ2) is 6.00. The molecule has 110 valence electrons. The molecule has 1 unspecified atom stereocenters. The van der Waals surface area contributed by atoms with Crippen LogP contribution in [0.15, 0.2) is 0 Å². The van der Waals surface area contributed by atoms with Crippen molar-refractivity contribution in [1.82, 2.24) is 20.4 Å². The Balaban J connectivity index is 1.63. The number of amides is 1. The standard InChI is InChI=1S/C11H18N6O2S/c12-14-11-16-15-9(20-11)5-17-3-4-19-6-8(17)10(18)13-7-1-2-7/h7-8H,1-6,12H2,(H,13,18)(H,14,16). The van der Waals surface area contributed by atoms with Crippen molar-refractivity contribution in [2.45, 2.75) is 31.5 Å². The van der Waals surface area contributed by atoms with E-state index in [1.165, 1.54) is 11.3 Å². The lowest BCUT2D eigenvalue weighted by molar-refractivity contribution is -0.133. The summed E-state index contributed by atoms with van der Waals surface area (Å²) in [6, 6.07) is 0.114. The van der Waals surface area contributed by atoms with Gasteiger partial charge in [-0.25, -0.2) is 5.84 Å². The minimum Gasteiger partial charge on any atom is -0.378 e.